The number of anilines is 1. The van der Waals surface area contributed by atoms with E-state index in [1.807, 2.05) is 13.8 Å². The zero-order chi connectivity index (χ0) is 17.9. The minimum atomic E-state index is -3.91. The van der Waals surface area contributed by atoms with Gasteiger partial charge in [-0.3, -0.25) is 9.52 Å². The van der Waals surface area contributed by atoms with Gasteiger partial charge in [0.25, 0.3) is 15.9 Å². The molecular weight excluding hydrogens is 355 g/mol. The molecule has 1 amide bonds. The Morgan fingerprint density at radius 3 is 2.29 bits per heavy atom. The Morgan fingerprint density at radius 1 is 1.12 bits per heavy atom. The summed E-state index contributed by atoms with van der Waals surface area (Å²) in [6, 6.07) is 9.09. The van der Waals surface area contributed by atoms with Gasteiger partial charge >= 0.3 is 0 Å². The topological polar surface area (TPSA) is 75.3 Å². The van der Waals surface area contributed by atoms with Crippen LogP contribution in [0.4, 0.5) is 10.1 Å². The Bertz CT molecular complexity index is 852. The van der Waals surface area contributed by atoms with Crippen LogP contribution >= 0.6 is 11.6 Å². The lowest BCUT2D eigenvalue weighted by atomic mass is 10.2. The van der Waals surface area contributed by atoms with Gasteiger partial charge in [-0.25, -0.2) is 12.8 Å². The van der Waals surface area contributed by atoms with Crippen molar-refractivity contribution < 1.29 is 17.6 Å². The van der Waals surface area contributed by atoms with E-state index in [2.05, 4.69) is 10.0 Å². The summed E-state index contributed by atoms with van der Waals surface area (Å²) in [5.41, 5.74) is 0.688. The highest BCUT2D eigenvalue weighted by atomic mass is 35.5. The number of hydrogen-bond donors (Lipinski definition) is 2. The van der Waals surface area contributed by atoms with Gasteiger partial charge in [0.15, 0.2) is 0 Å². The van der Waals surface area contributed by atoms with Crippen molar-refractivity contribution in [1.29, 1.82) is 0 Å². The second-order valence-electron chi connectivity index (χ2n) is 5.39. The van der Waals surface area contributed by atoms with Crippen LogP contribution in [-0.4, -0.2) is 20.4 Å². The number of carbonyl (C=O) groups is 1. The average molecular weight is 371 g/mol. The van der Waals surface area contributed by atoms with Gasteiger partial charge in [0.2, 0.25) is 0 Å². The molecule has 0 aliphatic carbocycles. The minimum Gasteiger partial charge on any atom is -0.350 e. The van der Waals surface area contributed by atoms with E-state index in [-0.39, 0.29) is 27.6 Å². The molecule has 0 atom stereocenters. The fraction of sp³-hybridized carbons (Fsp3) is 0.188. The zero-order valence-corrected chi connectivity index (χ0v) is 14.6. The van der Waals surface area contributed by atoms with Crippen LogP contribution in [0.1, 0.15) is 24.2 Å². The van der Waals surface area contributed by atoms with E-state index in [4.69, 9.17) is 11.6 Å². The van der Waals surface area contributed by atoms with Crippen molar-refractivity contribution in [2.24, 2.45) is 0 Å². The quantitative estimate of drug-likeness (QED) is 0.846. The lowest BCUT2D eigenvalue weighted by Gasteiger charge is -2.11. The Kier molecular flexibility index (Phi) is 5.46. The van der Waals surface area contributed by atoms with E-state index in [1.165, 1.54) is 24.3 Å². The monoisotopic (exact) mass is 370 g/mol. The summed E-state index contributed by atoms with van der Waals surface area (Å²) in [6.07, 6.45) is 0. The predicted octanol–water partition coefficient (Wildman–Crippen LogP) is 3.42. The van der Waals surface area contributed by atoms with E-state index in [1.54, 1.807) is 0 Å². The van der Waals surface area contributed by atoms with Gasteiger partial charge in [-0.2, -0.15) is 0 Å². The summed E-state index contributed by atoms with van der Waals surface area (Å²) in [4.78, 5) is 11.7. The first-order valence-corrected chi connectivity index (χ1v) is 8.94. The second-order valence-corrected chi connectivity index (χ2v) is 7.48. The maximum atomic E-state index is 13.1. The number of amides is 1. The fourth-order valence-corrected chi connectivity index (χ4v) is 3.22. The highest BCUT2D eigenvalue weighted by molar-refractivity contribution is 7.92. The van der Waals surface area contributed by atoms with E-state index in [0.29, 0.717) is 5.56 Å². The first kappa shape index (κ1) is 18.2. The molecule has 0 bridgehead atoms. The van der Waals surface area contributed by atoms with E-state index < -0.39 is 15.8 Å². The molecule has 2 N–H and O–H groups in total. The van der Waals surface area contributed by atoms with Gasteiger partial charge in [-0.05, 0) is 56.3 Å². The summed E-state index contributed by atoms with van der Waals surface area (Å²) in [7, 11) is -3.91. The minimum absolute atomic E-state index is 0.00101. The van der Waals surface area contributed by atoms with Gasteiger partial charge in [-0.15, -0.1) is 0 Å². The molecule has 0 aliphatic heterocycles. The predicted molar refractivity (Wildman–Crippen MR) is 91.3 cm³/mol. The smallest absolute Gasteiger partial charge is 0.261 e. The molecule has 0 fully saturated rings. The molecule has 0 radical (unpaired) electrons. The maximum Gasteiger partial charge on any atom is 0.261 e. The third kappa shape index (κ3) is 4.46. The van der Waals surface area contributed by atoms with Crippen molar-refractivity contribution in [3.63, 3.8) is 0 Å². The summed E-state index contributed by atoms with van der Waals surface area (Å²) in [5, 5.41) is 2.46. The number of benzene rings is 2. The molecule has 0 unspecified atom stereocenters. The second kappa shape index (κ2) is 7.19. The van der Waals surface area contributed by atoms with Crippen LogP contribution in [0.3, 0.4) is 0 Å². The molecule has 0 aromatic heterocycles. The molecule has 2 aromatic carbocycles. The Balaban J connectivity index is 2.18. The van der Waals surface area contributed by atoms with Crippen LogP contribution in [0.2, 0.25) is 5.02 Å². The highest BCUT2D eigenvalue weighted by Gasteiger charge is 2.16. The van der Waals surface area contributed by atoms with Gasteiger partial charge in [0.05, 0.1) is 9.92 Å². The summed E-state index contributed by atoms with van der Waals surface area (Å²) in [5.74, 6) is -0.944. The molecule has 2 aromatic rings. The fourth-order valence-electron chi connectivity index (χ4n) is 1.89. The van der Waals surface area contributed by atoms with Crippen molar-refractivity contribution in [2.45, 2.75) is 24.8 Å². The van der Waals surface area contributed by atoms with Gasteiger partial charge < -0.3 is 5.32 Å². The number of rotatable bonds is 5. The molecule has 0 saturated heterocycles. The molecule has 5 nitrogen and oxygen atoms in total. The summed E-state index contributed by atoms with van der Waals surface area (Å²) >= 11 is 5.61. The van der Waals surface area contributed by atoms with E-state index >= 15 is 0 Å². The average Bonchev–Trinajstić information content (AvgIpc) is 2.49. The largest absolute Gasteiger partial charge is 0.350 e. The van der Waals surface area contributed by atoms with E-state index in [9.17, 15) is 17.6 Å². The Labute approximate surface area is 144 Å². The SMILES string of the molecule is CC(C)NC(=O)c1ccc(NS(=O)(=O)c2ccc(F)c(Cl)c2)cc1. The molecule has 2 rings (SSSR count). The van der Waals surface area contributed by atoms with Crippen LogP contribution < -0.4 is 10.0 Å². The van der Waals surface area contributed by atoms with Gasteiger partial charge in [-0.1, -0.05) is 11.6 Å². The van der Waals surface area contributed by atoms with Crippen LogP contribution in [0, 0.1) is 5.82 Å². The van der Waals surface area contributed by atoms with Crippen molar-refractivity contribution in [1.82, 2.24) is 5.32 Å². The van der Waals surface area contributed by atoms with Crippen molar-refractivity contribution in [2.75, 3.05) is 4.72 Å². The first-order valence-electron chi connectivity index (χ1n) is 7.08. The molecule has 0 saturated carbocycles. The molecule has 0 aliphatic rings. The van der Waals surface area contributed by atoms with Crippen LogP contribution in [0.25, 0.3) is 0 Å². The van der Waals surface area contributed by atoms with Crippen LogP contribution in [-0.2, 0) is 10.0 Å². The summed E-state index contributed by atoms with van der Waals surface area (Å²) in [6.45, 7) is 3.68. The van der Waals surface area contributed by atoms with Gasteiger partial charge in [0.1, 0.15) is 5.82 Å². The number of carbonyl (C=O) groups excluding carboxylic acids is 1. The Morgan fingerprint density at radius 2 is 1.75 bits per heavy atom. The number of halogens is 2. The molecule has 8 heteroatoms. The van der Waals surface area contributed by atoms with Crippen molar-refractivity contribution in [3.8, 4) is 0 Å². The highest BCUT2D eigenvalue weighted by Crippen LogP contribution is 2.22. The molecule has 0 heterocycles. The lowest BCUT2D eigenvalue weighted by molar-refractivity contribution is 0.0943. The Hall–Kier alpha value is -2.12. The molecular formula is C16H16ClFN2O3S. The number of sulfonamides is 1. The van der Waals surface area contributed by atoms with Crippen LogP contribution in [0.5, 0.6) is 0 Å². The first-order chi connectivity index (χ1) is 11.2. The van der Waals surface area contributed by atoms with Crippen LogP contribution in [0.15, 0.2) is 47.4 Å². The number of hydrogen-bond acceptors (Lipinski definition) is 3. The van der Waals surface area contributed by atoms with Crippen molar-refractivity contribution >= 4 is 33.2 Å². The third-order valence-electron chi connectivity index (χ3n) is 3.02. The maximum absolute atomic E-state index is 13.1. The third-order valence-corrected chi connectivity index (χ3v) is 4.69. The summed E-state index contributed by atoms with van der Waals surface area (Å²) < 4.78 is 40.0. The molecule has 24 heavy (non-hydrogen) atoms. The lowest BCUT2D eigenvalue weighted by Crippen LogP contribution is -2.30. The van der Waals surface area contributed by atoms with Crippen molar-refractivity contribution in [3.05, 3.63) is 58.9 Å². The standard InChI is InChI=1S/C16H16ClFN2O3S/c1-10(2)19-16(21)11-3-5-12(6-4-11)20-24(22,23)13-7-8-15(18)14(17)9-13/h3-10,20H,1-2H3,(H,19,21). The molecule has 128 valence electrons. The molecule has 0 spiro atoms. The zero-order valence-electron chi connectivity index (χ0n) is 13.0. The van der Waals surface area contributed by atoms with E-state index in [0.717, 1.165) is 18.2 Å². The normalized spacial score (nSPS) is 11.4. The van der Waals surface area contributed by atoms with Gasteiger partial charge in [0, 0.05) is 17.3 Å². The number of nitrogens with one attached hydrogen (secondary N) is 2.